The number of ether oxygens (including phenoxy) is 2. The number of amides is 2. The third-order valence-corrected chi connectivity index (χ3v) is 6.11. The predicted octanol–water partition coefficient (Wildman–Crippen LogP) is 4.67. The highest BCUT2D eigenvalue weighted by molar-refractivity contribution is 7.80. The fourth-order valence-corrected chi connectivity index (χ4v) is 4.24. The molecule has 1 aliphatic rings. The van der Waals surface area contributed by atoms with Crippen molar-refractivity contribution in [1.29, 1.82) is 0 Å². The summed E-state index contributed by atoms with van der Waals surface area (Å²) < 4.78 is 26.0. The molecule has 39 heavy (non-hydrogen) atoms. The van der Waals surface area contributed by atoms with Crippen molar-refractivity contribution < 1.29 is 33.4 Å². The van der Waals surface area contributed by atoms with Gasteiger partial charge in [-0.3, -0.25) is 14.9 Å². The fraction of sp³-hybridized carbons (Fsp3) is 0.103. The van der Waals surface area contributed by atoms with E-state index in [-0.39, 0.29) is 28.5 Å². The van der Waals surface area contributed by atoms with E-state index in [2.05, 4.69) is 11.9 Å². The number of nitrogens with zero attached hydrogens (tertiary/aromatic N) is 1. The molecule has 2 N–H and O–H groups in total. The van der Waals surface area contributed by atoms with E-state index in [1.165, 1.54) is 43.5 Å². The number of carboxylic acids is 1. The first-order valence-electron chi connectivity index (χ1n) is 11.7. The molecule has 1 aliphatic heterocycles. The Labute approximate surface area is 229 Å². The number of para-hydroxylation sites is 1. The van der Waals surface area contributed by atoms with E-state index in [1.54, 1.807) is 36.4 Å². The summed E-state index contributed by atoms with van der Waals surface area (Å²) in [5, 5.41) is 11.3. The van der Waals surface area contributed by atoms with Crippen LogP contribution in [-0.4, -0.2) is 35.1 Å². The number of anilines is 1. The average Bonchev–Trinajstić information content (AvgIpc) is 2.91. The number of hydrogen-bond acceptors (Lipinski definition) is 6. The van der Waals surface area contributed by atoms with E-state index < -0.39 is 23.6 Å². The minimum Gasteiger partial charge on any atom is -0.493 e. The molecule has 1 saturated heterocycles. The number of methoxy groups -OCH3 is 1. The van der Waals surface area contributed by atoms with E-state index in [0.29, 0.717) is 29.0 Å². The Kier molecular flexibility index (Phi) is 8.16. The van der Waals surface area contributed by atoms with Crippen LogP contribution in [0.3, 0.4) is 0 Å². The normalized spacial score (nSPS) is 14.3. The third kappa shape index (κ3) is 5.86. The largest absolute Gasteiger partial charge is 0.493 e. The lowest BCUT2D eigenvalue weighted by molar-refractivity contribution is -0.122. The summed E-state index contributed by atoms with van der Waals surface area (Å²) in [5.41, 5.74) is 1.71. The molecule has 10 heteroatoms. The summed E-state index contributed by atoms with van der Waals surface area (Å²) in [4.78, 5) is 38.0. The van der Waals surface area contributed by atoms with Gasteiger partial charge >= 0.3 is 5.97 Å². The van der Waals surface area contributed by atoms with Gasteiger partial charge in [0.15, 0.2) is 16.6 Å². The van der Waals surface area contributed by atoms with Crippen molar-refractivity contribution in [2.24, 2.45) is 0 Å². The number of thiocarbonyl (C=S) groups is 1. The molecule has 4 rings (SSSR count). The highest BCUT2D eigenvalue weighted by Crippen LogP contribution is 2.35. The van der Waals surface area contributed by atoms with Gasteiger partial charge in [0.2, 0.25) is 0 Å². The van der Waals surface area contributed by atoms with Crippen LogP contribution in [0.2, 0.25) is 0 Å². The van der Waals surface area contributed by atoms with E-state index in [4.69, 9.17) is 26.8 Å². The van der Waals surface area contributed by atoms with Gasteiger partial charge in [0.1, 0.15) is 18.0 Å². The molecular weight excluding hydrogens is 523 g/mol. The van der Waals surface area contributed by atoms with Crippen molar-refractivity contribution in [1.82, 2.24) is 5.32 Å². The summed E-state index contributed by atoms with van der Waals surface area (Å²) in [7, 11) is 1.45. The molecule has 0 bridgehead atoms. The zero-order valence-electron chi connectivity index (χ0n) is 20.8. The summed E-state index contributed by atoms with van der Waals surface area (Å²) in [6, 6.07) is 15.2. The van der Waals surface area contributed by atoms with Gasteiger partial charge in [0.05, 0.1) is 18.4 Å². The second kappa shape index (κ2) is 11.7. The average molecular weight is 547 g/mol. The van der Waals surface area contributed by atoms with Crippen LogP contribution >= 0.6 is 12.2 Å². The van der Waals surface area contributed by atoms with E-state index in [9.17, 15) is 18.8 Å². The second-order valence-electron chi connectivity index (χ2n) is 8.40. The van der Waals surface area contributed by atoms with Crippen molar-refractivity contribution >= 4 is 46.9 Å². The zero-order valence-corrected chi connectivity index (χ0v) is 21.6. The van der Waals surface area contributed by atoms with Crippen LogP contribution in [0, 0.1) is 5.82 Å². The molecular formula is C29H23FN2O6S. The quantitative estimate of drug-likeness (QED) is 0.174. The van der Waals surface area contributed by atoms with Crippen LogP contribution in [-0.2, 0) is 22.6 Å². The first kappa shape index (κ1) is 27.2. The van der Waals surface area contributed by atoms with Crippen molar-refractivity contribution in [3.8, 4) is 11.5 Å². The number of carbonyl (C=O) groups is 3. The molecule has 0 unspecified atom stereocenters. The third-order valence-electron chi connectivity index (χ3n) is 5.83. The zero-order chi connectivity index (χ0) is 28.1. The summed E-state index contributed by atoms with van der Waals surface area (Å²) >= 11 is 5.14. The van der Waals surface area contributed by atoms with Gasteiger partial charge in [-0.05, 0) is 72.2 Å². The van der Waals surface area contributed by atoms with Crippen LogP contribution in [0.25, 0.3) is 6.08 Å². The number of halogens is 1. The monoisotopic (exact) mass is 546 g/mol. The molecule has 0 aliphatic carbocycles. The molecule has 0 aromatic heterocycles. The Hall–Kier alpha value is -4.83. The van der Waals surface area contributed by atoms with Gasteiger partial charge in [-0.1, -0.05) is 30.3 Å². The van der Waals surface area contributed by atoms with Gasteiger partial charge in [-0.2, -0.15) is 0 Å². The number of nitrogens with one attached hydrogen (secondary N) is 1. The standard InChI is InChI=1S/C29H23FN2O6S/c1-3-6-20-13-18(15-24(37-2)25(20)38-16-17-9-11-19(12-10-17)28(35)36)14-21-26(33)31-29(39)32(27(21)34)23-8-5-4-7-22(23)30/h3-5,7-15H,1,6,16H2,2H3,(H,35,36)(H,31,33,39). The molecule has 1 heterocycles. The van der Waals surface area contributed by atoms with Gasteiger partial charge < -0.3 is 14.6 Å². The van der Waals surface area contributed by atoms with Crippen molar-refractivity contribution in [3.05, 3.63) is 107 Å². The Balaban J connectivity index is 1.68. The molecule has 3 aromatic carbocycles. The van der Waals surface area contributed by atoms with Crippen molar-refractivity contribution in [2.75, 3.05) is 12.0 Å². The number of aromatic carboxylic acids is 1. The molecule has 198 valence electrons. The second-order valence-corrected chi connectivity index (χ2v) is 8.79. The lowest BCUT2D eigenvalue weighted by atomic mass is 10.0. The highest BCUT2D eigenvalue weighted by atomic mass is 32.1. The Morgan fingerprint density at radius 3 is 2.51 bits per heavy atom. The highest BCUT2D eigenvalue weighted by Gasteiger charge is 2.35. The minimum absolute atomic E-state index is 0.0801. The van der Waals surface area contributed by atoms with Gasteiger partial charge in [0.25, 0.3) is 11.8 Å². The summed E-state index contributed by atoms with van der Waals surface area (Å²) in [6.07, 6.45) is 3.42. The summed E-state index contributed by atoms with van der Waals surface area (Å²) in [5.74, 6) is -2.41. The van der Waals surface area contributed by atoms with Gasteiger partial charge in [-0.25, -0.2) is 14.1 Å². The maximum atomic E-state index is 14.5. The van der Waals surface area contributed by atoms with Gasteiger partial charge in [0, 0.05) is 5.56 Å². The van der Waals surface area contributed by atoms with Gasteiger partial charge in [-0.15, -0.1) is 6.58 Å². The number of hydrogen-bond donors (Lipinski definition) is 2. The Morgan fingerprint density at radius 1 is 1.15 bits per heavy atom. The first-order chi connectivity index (χ1) is 18.7. The SMILES string of the molecule is C=CCc1cc(C=C2C(=O)NC(=S)N(c3ccccc3F)C2=O)cc(OC)c1OCc1ccc(C(=O)O)cc1. The molecule has 0 radical (unpaired) electrons. The van der Waals surface area contributed by atoms with Crippen molar-refractivity contribution in [3.63, 3.8) is 0 Å². The van der Waals surface area contributed by atoms with E-state index in [1.807, 2.05) is 0 Å². The Bertz CT molecular complexity index is 1520. The fourth-order valence-electron chi connectivity index (χ4n) is 3.96. The van der Waals surface area contributed by atoms with Crippen LogP contribution in [0.4, 0.5) is 10.1 Å². The van der Waals surface area contributed by atoms with E-state index in [0.717, 1.165) is 10.5 Å². The molecule has 8 nitrogen and oxygen atoms in total. The Morgan fingerprint density at radius 2 is 1.87 bits per heavy atom. The minimum atomic E-state index is -1.02. The number of carbonyl (C=O) groups excluding carboxylic acids is 2. The van der Waals surface area contributed by atoms with Crippen LogP contribution in [0.5, 0.6) is 11.5 Å². The van der Waals surface area contributed by atoms with Crippen LogP contribution < -0.4 is 19.7 Å². The van der Waals surface area contributed by atoms with Crippen molar-refractivity contribution in [2.45, 2.75) is 13.0 Å². The smallest absolute Gasteiger partial charge is 0.335 e. The first-order valence-corrected chi connectivity index (χ1v) is 12.1. The lowest BCUT2D eigenvalue weighted by Crippen LogP contribution is -2.54. The van der Waals surface area contributed by atoms with Crippen LogP contribution in [0.15, 0.2) is 78.9 Å². The molecule has 3 aromatic rings. The number of carboxylic acid groups (broad SMARTS) is 1. The number of allylic oxidation sites excluding steroid dienone is 1. The topological polar surface area (TPSA) is 105 Å². The molecule has 2 amide bonds. The van der Waals surface area contributed by atoms with Crippen LogP contribution in [0.1, 0.15) is 27.0 Å². The molecule has 0 atom stereocenters. The maximum Gasteiger partial charge on any atom is 0.335 e. The summed E-state index contributed by atoms with van der Waals surface area (Å²) in [6.45, 7) is 3.92. The number of rotatable bonds is 9. The molecule has 1 fully saturated rings. The van der Waals surface area contributed by atoms with E-state index >= 15 is 0 Å². The lowest BCUT2D eigenvalue weighted by Gasteiger charge is -2.29. The maximum absolute atomic E-state index is 14.5. The molecule has 0 saturated carbocycles. The molecule has 0 spiro atoms. The predicted molar refractivity (Wildman–Crippen MR) is 147 cm³/mol. The number of benzene rings is 3.